The molecule has 78 valence electrons. The highest BCUT2D eigenvalue weighted by Crippen LogP contribution is 2.12. The zero-order valence-electron chi connectivity index (χ0n) is 7.78. The van der Waals surface area contributed by atoms with E-state index in [1.807, 2.05) is 6.92 Å². The first-order chi connectivity index (χ1) is 6.59. The third kappa shape index (κ3) is 3.26. The van der Waals surface area contributed by atoms with Crippen LogP contribution in [-0.4, -0.2) is 18.0 Å². The number of hydrogen-bond donors (Lipinski definition) is 1. The molecule has 3 nitrogen and oxygen atoms in total. The molecule has 0 aromatic carbocycles. The molecule has 0 bridgehead atoms. The molecule has 0 aliphatic rings. The van der Waals surface area contributed by atoms with Crippen LogP contribution in [0.5, 0.6) is 5.88 Å². The van der Waals surface area contributed by atoms with Gasteiger partial charge < -0.3 is 10.5 Å². The van der Waals surface area contributed by atoms with Crippen molar-refractivity contribution in [2.24, 2.45) is 5.73 Å². The maximum absolute atomic E-state index is 11.8. The zero-order valence-corrected chi connectivity index (χ0v) is 7.78. The standard InChI is InChI=1S/C9H12F2N2O/c1-6(12)7-2-3-9(13-4-7)14-5-8(10)11/h2-4,6,8H,5,12H2,1H3. The first-order valence-corrected chi connectivity index (χ1v) is 4.22. The van der Waals surface area contributed by atoms with Gasteiger partial charge in [-0.05, 0) is 12.5 Å². The molecular formula is C9H12F2N2O. The summed E-state index contributed by atoms with van der Waals surface area (Å²) >= 11 is 0. The average molecular weight is 202 g/mol. The Labute approximate surface area is 80.9 Å². The van der Waals surface area contributed by atoms with Crippen LogP contribution in [0.1, 0.15) is 18.5 Å². The van der Waals surface area contributed by atoms with E-state index in [1.54, 1.807) is 6.07 Å². The molecule has 5 heteroatoms. The number of nitrogens with two attached hydrogens (primary N) is 1. The van der Waals surface area contributed by atoms with Gasteiger partial charge in [0.05, 0.1) is 0 Å². The van der Waals surface area contributed by atoms with Gasteiger partial charge in [-0.15, -0.1) is 0 Å². The first kappa shape index (κ1) is 10.8. The maximum Gasteiger partial charge on any atom is 0.272 e. The fraction of sp³-hybridized carbons (Fsp3) is 0.444. The van der Waals surface area contributed by atoms with Gasteiger partial charge in [-0.2, -0.15) is 0 Å². The fourth-order valence-electron chi connectivity index (χ4n) is 0.895. The molecule has 1 aromatic rings. The molecule has 0 amide bonds. The average Bonchev–Trinajstić information content (AvgIpc) is 2.15. The molecular weight excluding hydrogens is 190 g/mol. The van der Waals surface area contributed by atoms with Crippen molar-refractivity contribution in [3.05, 3.63) is 23.9 Å². The predicted molar refractivity (Wildman–Crippen MR) is 48.3 cm³/mol. The van der Waals surface area contributed by atoms with Crippen LogP contribution in [0.15, 0.2) is 18.3 Å². The Hall–Kier alpha value is -1.23. The number of rotatable bonds is 4. The largest absolute Gasteiger partial charge is 0.472 e. The van der Waals surface area contributed by atoms with Crippen LogP contribution in [0.3, 0.4) is 0 Å². The van der Waals surface area contributed by atoms with Crippen molar-refractivity contribution in [1.82, 2.24) is 4.98 Å². The van der Waals surface area contributed by atoms with E-state index in [1.165, 1.54) is 12.3 Å². The number of nitrogens with zero attached hydrogens (tertiary/aromatic N) is 1. The second kappa shape index (κ2) is 4.85. The highest BCUT2D eigenvalue weighted by molar-refractivity contribution is 5.19. The molecule has 0 aliphatic carbocycles. The number of hydrogen-bond acceptors (Lipinski definition) is 3. The molecule has 1 rings (SSSR count). The van der Waals surface area contributed by atoms with E-state index >= 15 is 0 Å². The van der Waals surface area contributed by atoms with Crippen LogP contribution in [0.25, 0.3) is 0 Å². The lowest BCUT2D eigenvalue weighted by Crippen LogP contribution is -2.09. The van der Waals surface area contributed by atoms with Crippen LogP contribution in [0, 0.1) is 0 Å². The van der Waals surface area contributed by atoms with Gasteiger partial charge in [0.1, 0.15) is 0 Å². The van der Waals surface area contributed by atoms with Crippen molar-refractivity contribution in [2.75, 3.05) is 6.61 Å². The van der Waals surface area contributed by atoms with E-state index in [2.05, 4.69) is 4.98 Å². The normalized spacial score (nSPS) is 12.9. The summed E-state index contributed by atoms with van der Waals surface area (Å²) in [5.74, 6) is 0.190. The number of aromatic nitrogens is 1. The minimum atomic E-state index is -2.48. The molecule has 2 N–H and O–H groups in total. The van der Waals surface area contributed by atoms with E-state index < -0.39 is 13.0 Å². The monoisotopic (exact) mass is 202 g/mol. The van der Waals surface area contributed by atoms with E-state index in [0.29, 0.717) is 0 Å². The molecule has 0 saturated heterocycles. The molecule has 1 atom stereocenters. The number of halogens is 2. The van der Waals surface area contributed by atoms with Crippen molar-refractivity contribution in [3.8, 4) is 5.88 Å². The van der Waals surface area contributed by atoms with E-state index in [0.717, 1.165) is 5.56 Å². The maximum atomic E-state index is 11.8. The van der Waals surface area contributed by atoms with Gasteiger partial charge in [-0.1, -0.05) is 6.07 Å². The minimum Gasteiger partial charge on any atom is -0.472 e. The Morgan fingerprint density at radius 3 is 2.64 bits per heavy atom. The van der Waals surface area contributed by atoms with Crippen LogP contribution in [0.2, 0.25) is 0 Å². The van der Waals surface area contributed by atoms with Crippen molar-refractivity contribution < 1.29 is 13.5 Å². The van der Waals surface area contributed by atoms with Gasteiger partial charge in [0.15, 0.2) is 6.61 Å². The third-order valence-corrected chi connectivity index (χ3v) is 1.64. The van der Waals surface area contributed by atoms with E-state index in [-0.39, 0.29) is 11.9 Å². The molecule has 1 heterocycles. The summed E-state index contributed by atoms with van der Waals surface area (Å²) in [7, 11) is 0. The van der Waals surface area contributed by atoms with Crippen LogP contribution in [0.4, 0.5) is 8.78 Å². The van der Waals surface area contributed by atoms with Gasteiger partial charge in [0.2, 0.25) is 5.88 Å². The van der Waals surface area contributed by atoms with Gasteiger partial charge in [-0.3, -0.25) is 0 Å². The predicted octanol–water partition coefficient (Wildman–Crippen LogP) is 1.75. The molecule has 0 fully saturated rings. The van der Waals surface area contributed by atoms with E-state index in [4.69, 9.17) is 10.5 Å². The molecule has 0 spiro atoms. The quantitative estimate of drug-likeness (QED) is 0.809. The Kier molecular flexibility index (Phi) is 3.76. The second-order valence-electron chi connectivity index (χ2n) is 2.92. The van der Waals surface area contributed by atoms with Crippen LogP contribution in [-0.2, 0) is 0 Å². The summed E-state index contributed by atoms with van der Waals surface area (Å²) in [6, 6.07) is 3.12. The molecule has 0 saturated carbocycles. The van der Waals surface area contributed by atoms with Gasteiger partial charge in [0, 0.05) is 18.3 Å². The third-order valence-electron chi connectivity index (χ3n) is 1.64. The molecule has 1 aromatic heterocycles. The highest BCUT2D eigenvalue weighted by Gasteiger charge is 2.05. The Morgan fingerprint density at radius 2 is 2.21 bits per heavy atom. The zero-order chi connectivity index (χ0) is 10.6. The SMILES string of the molecule is CC(N)c1ccc(OCC(F)F)nc1. The summed E-state index contributed by atoms with van der Waals surface area (Å²) in [5, 5.41) is 0. The summed E-state index contributed by atoms with van der Waals surface area (Å²) in [5.41, 5.74) is 6.43. The van der Waals surface area contributed by atoms with Crippen LogP contribution < -0.4 is 10.5 Å². The smallest absolute Gasteiger partial charge is 0.272 e. The topological polar surface area (TPSA) is 48.1 Å². The highest BCUT2D eigenvalue weighted by atomic mass is 19.3. The Morgan fingerprint density at radius 1 is 1.50 bits per heavy atom. The molecule has 14 heavy (non-hydrogen) atoms. The summed E-state index contributed by atoms with van der Waals surface area (Å²) in [6.07, 6.45) is -0.962. The first-order valence-electron chi connectivity index (χ1n) is 4.22. The lowest BCUT2D eigenvalue weighted by Gasteiger charge is -2.07. The van der Waals surface area contributed by atoms with Crippen molar-refractivity contribution in [3.63, 3.8) is 0 Å². The number of ether oxygens (including phenoxy) is 1. The molecule has 0 radical (unpaired) electrons. The Balaban J connectivity index is 2.55. The van der Waals surface area contributed by atoms with Crippen molar-refractivity contribution in [2.45, 2.75) is 19.4 Å². The lowest BCUT2D eigenvalue weighted by atomic mass is 10.2. The van der Waals surface area contributed by atoms with E-state index in [9.17, 15) is 8.78 Å². The number of pyridine rings is 1. The van der Waals surface area contributed by atoms with Crippen molar-refractivity contribution >= 4 is 0 Å². The Bertz CT molecular complexity index is 275. The van der Waals surface area contributed by atoms with Gasteiger partial charge in [-0.25, -0.2) is 13.8 Å². The summed E-state index contributed by atoms with van der Waals surface area (Å²) < 4.78 is 28.2. The van der Waals surface area contributed by atoms with Crippen molar-refractivity contribution in [1.29, 1.82) is 0 Å². The van der Waals surface area contributed by atoms with Gasteiger partial charge in [0.25, 0.3) is 6.43 Å². The lowest BCUT2D eigenvalue weighted by molar-refractivity contribution is 0.0796. The fourth-order valence-corrected chi connectivity index (χ4v) is 0.895. The molecule has 1 unspecified atom stereocenters. The minimum absolute atomic E-state index is 0.119. The van der Waals surface area contributed by atoms with Gasteiger partial charge >= 0.3 is 0 Å². The van der Waals surface area contributed by atoms with Crippen LogP contribution >= 0.6 is 0 Å². The molecule has 0 aliphatic heterocycles. The second-order valence-corrected chi connectivity index (χ2v) is 2.92. The summed E-state index contributed by atoms with van der Waals surface area (Å²) in [6.45, 7) is 1.18. The summed E-state index contributed by atoms with van der Waals surface area (Å²) in [4.78, 5) is 3.84. The number of alkyl halides is 2.